The molecule has 0 unspecified atom stereocenters. The number of amides is 1. The number of carbonyl (C=O) groups excluding carboxylic acids is 1. The van der Waals surface area contributed by atoms with Crippen LogP contribution in [0.2, 0.25) is 0 Å². The van der Waals surface area contributed by atoms with Crippen LogP contribution in [0.3, 0.4) is 0 Å². The van der Waals surface area contributed by atoms with Crippen LogP contribution in [0.5, 0.6) is 5.75 Å². The summed E-state index contributed by atoms with van der Waals surface area (Å²) in [5.74, 6) is 0.769. The van der Waals surface area contributed by atoms with E-state index < -0.39 is 11.5 Å². The molecule has 4 rings (SSSR count). The minimum Gasteiger partial charge on any atom is -0.497 e. The zero-order valence-electron chi connectivity index (χ0n) is 17.4. The predicted molar refractivity (Wildman–Crippen MR) is 117 cm³/mol. The second-order valence-electron chi connectivity index (χ2n) is 7.48. The molecular weight excluding hydrogens is 396 g/mol. The van der Waals surface area contributed by atoms with Crippen molar-refractivity contribution in [3.8, 4) is 17.1 Å². The van der Waals surface area contributed by atoms with Crippen LogP contribution in [0.1, 0.15) is 29.9 Å². The van der Waals surface area contributed by atoms with Gasteiger partial charge in [0.05, 0.1) is 12.8 Å². The molecule has 3 heterocycles. The Morgan fingerprint density at radius 1 is 1.19 bits per heavy atom. The highest BCUT2D eigenvalue weighted by molar-refractivity contribution is 6.00. The standard InChI is InChI=1S/C22H22N6O3/c1-13(2)11-17-18-19(26-25-17)22(30)28(27-21(29)14-7-9-23-10-8-14)20(24-18)15-5-4-6-16(12-15)31-3/h4-10,12-13H,11H2,1-3H3,(H,25,26)(H,27,29). The lowest BCUT2D eigenvalue weighted by molar-refractivity contribution is 0.101. The minimum atomic E-state index is -0.475. The van der Waals surface area contributed by atoms with Crippen molar-refractivity contribution >= 4 is 16.9 Å². The number of rotatable bonds is 6. The Hall–Kier alpha value is -4.01. The molecule has 0 radical (unpaired) electrons. The average molecular weight is 418 g/mol. The van der Waals surface area contributed by atoms with Crippen molar-refractivity contribution in [3.63, 3.8) is 0 Å². The van der Waals surface area contributed by atoms with E-state index in [2.05, 4.69) is 34.5 Å². The van der Waals surface area contributed by atoms with E-state index in [9.17, 15) is 9.59 Å². The number of pyridine rings is 1. The largest absolute Gasteiger partial charge is 0.497 e. The Labute approximate surface area is 178 Å². The number of ether oxygens (including phenoxy) is 1. The first-order valence-electron chi connectivity index (χ1n) is 9.83. The quantitative estimate of drug-likeness (QED) is 0.498. The molecule has 0 fully saturated rings. The highest BCUT2D eigenvalue weighted by Gasteiger charge is 2.20. The summed E-state index contributed by atoms with van der Waals surface area (Å²) in [5.41, 5.74) is 4.59. The summed E-state index contributed by atoms with van der Waals surface area (Å²) in [6, 6.07) is 10.3. The Morgan fingerprint density at radius 3 is 2.68 bits per heavy atom. The molecule has 1 amide bonds. The SMILES string of the molecule is COc1cccc(-c2nc3c(CC(C)C)[nH]nc3c(=O)n2NC(=O)c2ccncc2)c1. The normalized spacial score (nSPS) is 11.1. The fourth-order valence-electron chi connectivity index (χ4n) is 3.28. The van der Waals surface area contributed by atoms with Gasteiger partial charge in [-0.25, -0.2) is 4.98 Å². The Bertz CT molecular complexity index is 1290. The first kappa shape index (κ1) is 20.3. The van der Waals surface area contributed by atoms with Crippen molar-refractivity contribution < 1.29 is 9.53 Å². The number of H-pyrrole nitrogens is 1. The molecule has 0 atom stereocenters. The molecule has 4 aromatic rings. The van der Waals surface area contributed by atoms with Crippen LogP contribution < -0.4 is 15.7 Å². The molecule has 2 N–H and O–H groups in total. The van der Waals surface area contributed by atoms with Crippen LogP contribution in [0.4, 0.5) is 0 Å². The summed E-state index contributed by atoms with van der Waals surface area (Å²) < 4.78 is 6.44. The van der Waals surface area contributed by atoms with Crippen molar-refractivity contribution in [1.82, 2.24) is 24.8 Å². The number of aromatic nitrogens is 5. The van der Waals surface area contributed by atoms with E-state index in [1.54, 1.807) is 43.5 Å². The van der Waals surface area contributed by atoms with Gasteiger partial charge in [-0.15, -0.1) is 0 Å². The van der Waals surface area contributed by atoms with E-state index in [0.29, 0.717) is 34.7 Å². The van der Waals surface area contributed by atoms with Gasteiger partial charge in [0.15, 0.2) is 11.3 Å². The number of methoxy groups -OCH3 is 1. The third-order valence-electron chi connectivity index (χ3n) is 4.74. The van der Waals surface area contributed by atoms with Gasteiger partial charge in [-0.05, 0) is 36.6 Å². The van der Waals surface area contributed by atoms with Gasteiger partial charge in [-0.2, -0.15) is 9.77 Å². The molecular formula is C22H22N6O3. The van der Waals surface area contributed by atoms with Crippen LogP contribution in [0, 0.1) is 5.92 Å². The summed E-state index contributed by atoms with van der Waals surface area (Å²) in [4.78, 5) is 34.7. The lowest BCUT2D eigenvalue weighted by Crippen LogP contribution is -2.35. The average Bonchev–Trinajstić information content (AvgIpc) is 3.18. The van der Waals surface area contributed by atoms with E-state index in [1.807, 2.05) is 0 Å². The topological polar surface area (TPSA) is 115 Å². The van der Waals surface area contributed by atoms with Crippen molar-refractivity contribution in [2.75, 3.05) is 12.5 Å². The number of hydrogen-bond acceptors (Lipinski definition) is 6. The van der Waals surface area contributed by atoms with Gasteiger partial charge in [0.25, 0.3) is 5.91 Å². The first-order valence-corrected chi connectivity index (χ1v) is 9.83. The van der Waals surface area contributed by atoms with E-state index >= 15 is 0 Å². The molecule has 31 heavy (non-hydrogen) atoms. The summed E-state index contributed by atoms with van der Waals surface area (Å²) in [5, 5.41) is 7.10. The summed E-state index contributed by atoms with van der Waals surface area (Å²) >= 11 is 0. The number of benzene rings is 1. The molecule has 0 bridgehead atoms. The number of fused-ring (bicyclic) bond motifs is 1. The number of hydrogen-bond donors (Lipinski definition) is 2. The van der Waals surface area contributed by atoms with E-state index in [1.165, 1.54) is 12.4 Å². The Balaban J connectivity index is 1.91. The van der Waals surface area contributed by atoms with Crippen LogP contribution >= 0.6 is 0 Å². The van der Waals surface area contributed by atoms with E-state index in [-0.39, 0.29) is 11.3 Å². The van der Waals surface area contributed by atoms with E-state index in [4.69, 9.17) is 9.72 Å². The molecule has 0 aliphatic carbocycles. The molecule has 1 aromatic carbocycles. The molecule has 0 spiro atoms. The molecule has 9 heteroatoms. The highest BCUT2D eigenvalue weighted by Crippen LogP contribution is 2.24. The van der Waals surface area contributed by atoms with Crippen LogP contribution in [-0.4, -0.2) is 37.9 Å². The monoisotopic (exact) mass is 418 g/mol. The van der Waals surface area contributed by atoms with Crippen LogP contribution in [-0.2, 0) is 6.42 Å². The molecule has 0 aliphatic rings. The molecule has 3 aromatic heterocycles. The van der Waals surface area contributed by atoms with Crippen LogP contribution in [0.25, 0.3) is 22.4 Å². The number of aromatic amines is 1. The second-order valence-corrected chi connectivity index (χ2v) is 7.48. The molecule has 0 saturated heterocycles. The van der Waals surface area contributed by atoms with Crippen molar-refractivity contribution in [2.24, 2.45) is 5.92 Å². The maximum atomic E-state index is 13.3. The smallest absolute Gasteiger partial charge is 0.301 e. The highest BCUT2D eigenvalue weighted by atomic mass is 16.5. The maximum Gasteiger partial charge on any atom is 0.301 e. The van der Waals surface area contributed by atoms with Gasteiger partial charge in [-0.1, -0.05) is 26.0 Å². The maximum absolute atomic E-state index is 13.3. The number of nitrogens with one attached hydrogen (secondary N) is 2. The lowest BCUT2D eigenvalue weighted by Gasteiger charge is -2.14. The van der Waals surface area contributed by atoms with Crippen molar-refractivity contribution in [2.45, 2.75) is 20.3 Å². The number of nitrogens with zero attached hydrogens (tertiary/aromatic N) is 4. The summed E-state index contributed by atoms with van der Waals surface area (Å²) in [7, 11) is 1.56. The fraction of sp³-hybridized carbons (Fsp3) is 0.227. The lowest BCUT2D eigenvalue weighted by atomic mass is 10.1. The molecule has 9 nitrogen and oxygen atoms in total. The fourth-order valence-corrected chi connectivity index (χ4v) is 3.28. The van der Waals surface area contributed by atoms with Gasteiger partial charge in [-0.3, -0.25) is 25.1 Å². The summed E-state index contributed by atoms with van der Waals surface area (Å²) in [6.07, 6.45) is 3.70. The third-order valence-corrected chi connectivity index (χ3v) is 4.74. The summed E-state index contributed by atoms with van der Waals surface area (Å²) in [6.45, 7) is 4.15. The zero-order chi connectivity index (χ0) is 22.0. The second kappa shape index (κ2) is 8.39. The van der Waals surface area contributed by atoms with E-state index in [0.717, 1.165) is 10.4 Å². The molecule has 0 saturated carbocycles. The molecule has 158 valence electrons. The van der Waals surface area contributed by atoms with Crippen LogP contribution in [0.15, 0.2) is 53.6 Å². The van der Waals surface area contributed by atoms with Gasteiger partial charge >= 0.3 is 5.56 Å². The van der Waals surface area contributed by atoms with Gasteiger partial charge in [0.1, 0.15) is 11.3 Å². The minimum absolute atomic E-state index is 0.164. The first-order chi connectivity index (χ1) is 15.0. The third kappa shape index (κ3) is 4.02. The predicted octanol–water partition coefficient (Wildman–Crippen LogP) is 2.77. The van der Waals surface area contributed by atoms with Gasteiger partial charge < -0.3 is 4.74 Å². The van der Waals surface area contributed by atoms with Crippen molar-refractivity contribution in [1.29, 1.82) is 0 Å². The Kier molecular flexibility index (Phi) is 5.48. The Morgan fingerprint density at radius 2 is 1.97 bits per heavy atom. The number of carbonyl (C=O) groups is 1. The van der Waals surface area contributed by atoms with Gasteiger partial charge in [0, 0.05) is 23.5 Å². The van der Waals surface area contributed by atoms with Crippen molar-refractivity contribution in [3.05, 3.63) is 70.4 Å². The van der Waals surface area contributed by atoms with Gasteiger partial charge in [0.2, 0.25) is 0 Å². The zero-order valence-corrected chi connectivity index (χ0v) is 17.4. The molecule has 0 aliphatic heterocycles.